The van der Waals surface area contributed by atoms with Crippen LogP contribution in [0.3, 0.4) is 0 Å². The summed E-state index contributed by atoms with van der Waals surface area (Å²) in [7, 11) is 3.93. The van der Waals surface area contributed by atoms with Gasteiger partial charge in [-0.25, -0.2) is 0 Å². The molecule has 0 aromatic heterocycles. The van der Waals surface area contributed by atoms with Crippen LogP contribution in [0.15, 0.2) is 0 Å². The first-order valence-electron chi connectivity index (χ1n) is 7.28. The van der Waals surface area contributed by atoms with Gasteiger partial charge in [0, 0.05) is 25.7 Å². The Bertz CT molecular complexity index is 194. The van der Waals surface area contributed by atoms with Crippen molar-refractivity contribution in [2.45, 2.75) is 44.7 Å². The van der Waals surface area contributed by atoms with Crippen LogP contribution in [-0.4, -0.2) is 64.1 Å². The summed E-state index contributed by atoms with van der Waals surface area (Å²) in [6, 6.07) is 1.49. The lowest BCUT2D eigenvalue weighted by Gasteiger charge is -2.34. The zero-order chi connectivity index (χ0) is 13.2. The average Bonchev–Trinajstić information content (AvgIpc) is 2.39. The molecule has 0 aromatic carbocycles. The summed E-state index contributed by atoms with van der Waals surface area (Å²) in [5, 5.41) is 3.55. The van der Waals surface area contributed by atoms with Crippen LogP contribution in [0.4, 0.5) is 0 Å². The Labute approximate surface area is 112 Å². The summed E-state index contributed by atoms with van der Waals surface area (Å²) in [6.45, 7) is 6.52. The molecule has 1 aliphatic carbocycles. The molecule has 1 saturated carbocycles. The van der Waals surface area contributed by atoms with Crippen molar-refractivity contribution < 1.29 is 9.47 Å². The molecule has 0 atom stereocenters. The summed E-state index contributed by atoms with van der Waals surface area (Å²) in [5.41, 5.74) is 0. The van der Waals surface area contributed by atoms with Crippen LogP contribution in [0.25, 0.3) is 0 Å². The van der Waals surface area contributed by atoms with Crippen LogP contribution in [0.5, 0.6) is 0 Å². The molecule has 1 fully saturated rings. The molecule has 0 bridgehead atoms. The maximum atomic E-state index is 5.52. The molecule has 0 spiro atoms. The molecule has 1 N–H and O–H groups in total. The smallest absolute Gasteiger partial charge is 0.0700 e. The molecule has 0 unspecified atom stereocenters. The monoisotopic (exact) mass is 258 g/mol. The van der Waals surface area contributed by atoms with E-state index in [1.54, 1.807) is 7.11 Å². The molecule has 0 aromatic rings. The lowest BCUT2D eigenvalue weighted by Crippen LogP contribution is -2.41. The van der Waals surface area contributed by atoms with E-state index in [9.17, 15) is 0 Å². The fraction of sp³-hybridized carbons (Fsp3) is 1.00. The highest BCUT2D eigenvalue weighted by atomic mass is 16.5. The fourth-order valence-corrected chi connectivity index (χ4v) is 2.64. The Hall–Kier alpha value is -0.160. The number of ether oxygens (including phenoxy) is 2. The number of likely N-dealkylation sites (N-methyl/N-ethyl adjacent to an activating group) is 1. The van der Waals surface area contributed by atoms with Crippen molar-refractivity contribution in [1.29, 1.82) is 0 Å². The Morgan fingerprint density at radius 1 is 1.11 bits per heavy atom. The van der Waals surface area contributed by atoms with Crippen LogP contribution in [-0.2, 0) is 9.47 Å². The largest absolute Gasteiger partial charge is 0.382 e. The number of nitrogens with zero attached hydrogens (tertiary/aromatic N) is 1. The molecule has 1 rings (SSSR count). The third kappa shape index (κ3) is 6.14. The summed E-state index contributed by atoms with van der Waals surface area (Å²) in [6.07, 6.45) is 5.25. The van der Waals surface area contributed by atoms with Gasteiger partial charge in [-0.15, -0.1) is 0 Å². The van der Waals surface area contributed by atoms with E-state index >= 15 is 0 Å². The van der Waals surface area contributed by atoms with E-state index in [0.717, 1.165) is 31.8 Å². The Morgan fingerprint density at radius 3 is 2.44 bits per heavy atom. The van der Waals surface area contributed by atoms with E-state index in [1.165, 1.54) is 25.7 Å². The van der Waals surface area contributed by atoms with Crippen molar-refractivity contribution in [3.63, 3.8) is 0 Å². The first-order chi connectivity index (χ1) is 8.77. The molecule has 4 heteroatoms. The van der Waals surface area contributed by atoms with Gasteiger partial charge in [0.15, 0.2) is 0 Å². The van der Waals surface area contributed by atoms with Gasteiger partial charge in [-0.1, -0.05) is 6.92 Å². The number of rotatable bonds is 9. The SMILES string of the molecule is CCNC1CCC(N(C)CCOCCOC)CC1. The van der Waals surface area contributed by atoms with E-state index in [0.29, 0.717) is 13.2 Å². The predicted octanol–water partition coefficient (Wildman–Crippen LogP) is 1.50. The Balaban J connectivity index is 2.06. The molecule has 0 radical (unpaired) electrons. The number of nitrogens with one attached hydrogen (secondary N) is 1. The second kappa shape index (κ2) is 9.73. The van der Waals surface area contributed by atoms with Gasteiger partial charge in [-0.3, -0.25) is 0 Å². The van der Waals surface area contributed by atoms with Gasteiger partial charge < -0.3 is 19.7 Å². The first-order valence-corrected chi connectivity index (χ1v) is 7.28. The van der Waals surface area contributed by atoms with Gasteiger partial charge in [-0.05, 0) is 39.3 Å². The number of hydrogen-bond acceptors (Lipinski definition) is 4. The Morgan fingerprint density at radius 2 is 1.83 bits per heavy atom. The van der Waals surface area contributed by atoms with Crippen molar-refractivity contribution in [2.75, 3.05) is 47.1 Å². The molecule has 0 aliphatic heterocycles. The highest BCUT2D eigenvalue weighted by Crippen LogP contribution is 2.22. The van der Waals surface area contributed by atoms with E-state index in [-0.39, 0.29) is 0 Å². The van der Waals surface area contributed by atoms with Crippen LogP contribution in [0, 0.1) is 0 Å². The molecule has 0 saturated heterocycles. The second-order valence-corrected chi connectivity index (χ2v) is 5.15. The minimum atomic E-state index is 0.692. The number of methoxy groups -OCH3 is 1. The van der Waals surface area contributed by atoms with Crippen molar-refractivity contribution in [3.8, 4) is 0 Å². The van der Waals surface area contributed by atoms with Crippen molar-refractivity contribution in [3.05, 3.63) is 0 Å². The average molecular weight is 258 g/mol. The molecular formula is C14H30N2O2. The van der Waals surface area contributed by atoms with Gasteiger partial charge in [0.2, 0.25) is 0 Å². The van der Waals surface area contributed by atoms with Gasteiger partial charge in [-0.2, -0.15) is 0 Å². The molecular weight excluding hydrogens is 228 g/mol. The second-order valence-electron chi connectivity index (χ2n) is 5.15. The van der Waals surface area contributed by atoms with Crippen LogP contribution < -0.4 is 5.32 Å². The topological polar surface area (TPSA) is 33.7 Å². The minimum Gasteiger partial charge on any atom is -0.382 e. The van der Waals surface area contributed by atoms with Crippen molar-refractivity contribution in [2.24, 2.45) is 0 Å². The third-order valence-electron chi connectivity index (χ3n) is 3.83. The molecule has 18 heavy (non-hydrogen) atoms. The van der Waals surface area contributed by atoms with E-state index in [1.807, 2.05) is 0 Å². The van der Waals surface area contributed by atoms with Crippen LogP contribution >= 0.6 is 0 Å². The maximum Gasteiger partial charge on any atom is 0.0700 e. The standard InChI is InChI=1S/C14H30N2O2/c1-4-15-13-5-7-14(8-6-13)16(2)9-10-18-12-11-17-3/h13-15H,4-12H2,1-3H3. The van der Waals surface area contributed by atoms with Gasteiger partial charge in [0.25, 0.3) is 0 Å². The molecule has 4 nitrogen and oxygen atoms in total. The van der Waals surface area contributed by atoms with E-state index in [4.69, 9.17) is 9.47 Å². The fourth-order valence-electron chi connectivity index (χ4n) is 2.64. The molecule has 0 heterocycles. The molecule has 0 amide bonds. The third-order valence-corrected chi connectivity index (χ3v) is 3.83. The zero-order valence-corrected chi connectivity index (χ0v) is 12.3. The Kier molecular flexibility index (Phi) is 8.59. The van der Waals surface area contributed by atoms with Crippen molar-refractivity contribution >= 4 is 0 Å². The first kappa shape index (κ1) is 15.9. The predicted molar refractivity (Wildman–Crippen MR) is 75.0 cm³/mol. The quantitative estimate of drug-likeness (QED) is 0.636. The van der Waals surface area contributed by atoms with E-state index < -0.39 is 0 Å². The summed E-state index contributed by atoms with van der Waals surface area (Å²) < 4.78 is 10.5. The minimum absolute atomic E-state index is 0.692. The maximum absolute atomic E-state index is 5.52. The lowest BCUT2D eigenvalue weighted by molar-refractivity contribution is 0.0506. The molecule has 108 valence electrons. The summed E-state index contributed by atoms with van der Waals surface area (Å²) >= 11 is 0. The molecule has 1 aliphatic rings. The van der Waals surface area contributed by atoms with Crippen LogP contribution in [0.2, 0.25) is 0 Å². The highest BCUT2D eigenvalue weighted by Gasteiger charge is 2.22. The van der Waals surface area contributed by atoms with Crippen LogP contribution in [0.1, 0.15) is 32.6 Å². The van der Waals surface area contributed by atoms with Crippen molar-refractivity contribution in [1.82, 2.24) is 10.2 Å². The summed E-state index contributed by atoms with van der Waals surface area (Å²) in [4.78, 5) is 2.45. The summed E-state index contributed by atoms with van der Waals surface area (Å²) in [5.74, 6) is 0. The lowest BCUT2D eigenvalue weighted by atomic mass is 9.90. The van der Waals surface area contributed by atoms with Gasteiger partial charge in [0.05, 0.1) is 19.8 Å². The van der Waals surface area contributed by atoms with E-state index in [2.05, 4.69) is 24.2 Å². The highest BCUT2D eigenvalue weighted by molar-refractivity contribution is 4.81. The number of hydrogen-bond donors (Lipinski definition) is 1. The normalized spacial score (nSPS) is 24.7. The van der Waals surface area contributed by atoms with Gasteiger partial charge >= 0.3 is 0 Å². The van der Waals surface area contributed by atoms with Gasteiger partial charge in [0.1, 0.15) is 0 Å². The zero-order valence-electron chi connectivity index (χ0n) is 12.3.